The van der Waals surface area contributed by atoms with Gasteiger partial charge in [-0.2, -0.15) is 0 Å². The summed E-state index contributed by atoms with van der Waals surface area (Å²) < 4.78 is 38.2. The molecule has 2 aromatic rings. The Morgan fingerprint density at radius 3 is 2.74 bits per heavy atom. The Bertz CT molecular complexity index is 802. The van der Waals surface area contributed by atoms with Crippen LogP contribution in [0.15, 0.2) is 41.8 Å². The number of hydrogen-bond donors (Lipinski definition) is 0. The lowest BCUT2D eigenvalue weighted by Gasteiger charge is -2.20. The van der Waals surface area contributed by atoms with Crippen LogP contribution in [-0.4, -0.2) is 38.1 Å². The molecule has 0 radical (unpaired) electrons. The quantitative estimate of drug-likeness (QED) is 0.834. The van der Waals surface area contributed by atoms with Crippen molar-refractivity contribution in [2.45, 2.75) is 11.7 Å². The van der Waals surface area contributed by atoms with Crippen LogP contribution in [0.1, 0.15) is 26.9 Å². The van der Waals surface area contributed by atoms with Gasteiger partial charge in [0.15, 0.2) is 9.84 Å². The molecule has 1 fully saturated rings. The first-order chi connectivity index (χ1) is 11.0. The van der Waals surface area contributed by atoms with Gasteiger partial charge in [0.05, 0.1) is 11.0 Å². The van der Waals surface area contributed by atoms with Crippen LogP contribution in [0, 0.1) is 5.82 Å². The fourth-order valence-electron chi connectivity index (χ4n) is 2.75. The number of nitrogens with zero attached hydrogens (tertiary/aromatic N) is 1. The van der Waals surface area contributed by atoms with E-state index in [4.69, 9.17) is 0 Å². The van der Waals surface area contributed by atoms with Gasteiger partial charge in [0.1, 0.15) is 5.82 Å². The summed E-state index contributed by atoms with van der Waals surface area (Å²) in [7, 11) is -3.30. The van der Waals surface area contributed by atoms with Crippen molar-refractivity contribution in [2.24, 2.45) is 0 Å². The largest absolute Gasteiger partial charge is 0.338 e. The molecule has 7 heteroatoms. The fourth-order valence-corrected chi connectivity index (χ4v) is 5.75. The number of carbonyl (C=O) groups excluding carboxylic acids is 1. The van der Waals surface area contributed by atoms with Gasteiger partial charge >= 0.3 is 0 Å². The number of halogens is 1. The number of rotatable bonds is 2. The van der Waals surface area contributed by atoms with Gasteiger partial charge < -0.3 is 4.90 Å². The number of sulfone groups is 1. The Hall–Kier alpha value is -1.73. The maximum absolute atomic E-state index is 13.3. The predicted octanol–water partition coefficient (Wildman–Crippen LogP) is 2.89. The molecule has 1 atom stereocenters. The van der Waals surface area contributed by atoms with E-state index < -0.39 is 20.9 Å². The minimum atomic E-state index is -3.30. The monoisotopic (exact) mass is 353 g/mol. The normalized spacial score (nSPS) is 20.9. The molecule has 2 heterocycles. The van der Waals surface area contributed by atoms with E-state index in [-0.39, 0.29) is 23.8 Å². The maximum atomic E-state index is 13.3. The molecule has 1 aliphatic heterocycles. The third-order valence-electron chi connectivity index (χ3n) is 3.96. The summed E-state index contributed by atoms with van der Waals surface area (Å²) in [6.45, 7) is 0.483. The SMILES string of the molecule is O=C(c1cccc(F)c1)N1CCC(c2cccs2)S(=O)(=O)CC1. The highest BCUT2D eigenvalue weighted by Crippen LogP contribution is 2.32. The highest BCUT2D eigenvalue weighted by Gasteiger charge is 2.33. The molecular weight excluding hydrogens is 337 g/mol. The molecule has 23 heavy (non-hydrogen) atoms. The van der Waals surface area contributed by atoms with Crippen LogP contribution in [0.5, 0.6) is 0 Å². The average Bonchev–Trinajstić information content (AvgIpc) is 2.98. The van der Waals surface area contributed by atoms with Gasteiger partial charge in [0.2, 0.25) is 0 Å². The van der Waals surface area contributed by atoms with Crippen LogP contribution < -0.4 is 0 Å². The Labute approximate surface area is 138 Å². The summed E-state index contributed by atoms with van der Waals surface area (Å²) in [6, 6.07) is 9.12. The van der Waals surface area contributed by atoms with Gasteiger partial charge in [-0.25, -0.2) is 12.8 Å². The summed E-state index contributed by atoms with van der Waals surface area (Å²) in [4.78, 5) is 14.8. The lowest BCUT2D eigenvalue weighted by atomic mass is 10.1. The molecule has 0 bridgehead atoms. The zero-order chi connectivity index (χ0) is 16.4. The second-order valence-electron chi connectivity index (χ2n) is 5.46. The lowest BCUT2D eigenvalue weighted by molar-refractivity contribution is 0.0766. The van der Waals surface area contributed by atoms with E-state index in [2.05, 4.69) is 0 Å². The van der Waals surface area contributed by atoms with Crippen molar-refractivity contribution in [3.05, 3.63) is 58.0 Å². The van der Waals surface area contributed by atoms with Gasteiger partial charge in [0, 0.05) is 23.5 Å². The summed E-state index contributed by atoms with van der Waals surface area (Å²) in [5.74, 6) is -0.877. The first kappa shape index (κ1) is 16.1. The zero-order valence-electron chi connectivity index (χ0n) is 12.3. The minimum Gasteiger partial charge on any atom is -0.338 e. The topological polar surface area (TPSA) is 54.5 Å². The Balaban J connectivity index is 1.81. The Morgan fingerprint density at radius 1 is 1.22 bits per heavy atom. The Kier molecular flexibility index (Phi) is 4.50. The van der Waals surface area contributed by atoms with E-state index in [9.17, 15) is 17.6 Å². The van der Waals surface area contributed by atoms with E-state index >= 15 is 0 Å². The van der Waals surface area contributed by atoms with Gasteiger partial charge in [-0.15, -0.1) is 11.3 Å². The fraction of sp³-hybridized carbons (Fsp3) is 0.312. The van der Waals surface area contributed by atoms with Crippen molar-refractivity contribution in [1.82, 2.24) is 4.90 Å². The molecule has 1 unspecified atom stereocenters. The van der Waals surface area contributed by atoms with Crippen LogP contribution in [0.3, 0.4) is 0 Å². The van der Waals surface area contributed by atoms with E-state index in [1.165, 1.54) is 34.4 Å². The number of benzene rings is 1. The summed E-state index contributed by atoms with van der Waals surface area (Å²) in [5, 5.41) is 1.29. The predicted molar refractivity (Wildman–Crippen MR) is 87.8 cm³/mol. The molecule has 1 aliphatic rings. The van der Waals surface area contributed by atoms with Crippen molar-refractivity contribution in [3.8, 4) is 0 Å². The highest BCUT2D eigenvalue weighted by molar-refractivity contribution is 7.91. The summed E-state index contributed by atoms with van der Waals surface area (Å²) >= 11 is 1.42. The summed E-state index contributed by atoms with van der Waals surface area (Å²) in [5.41, 5.74) is 0.247. The van der Waals surface area contributed by atoms with Crippen molar-refractivity contribution < 1.29 is 17.6 Å². The van der Waals surface area contributed by atoms with E-state index in [0.717, 1.165) is 4.88 Å². The van der Waals surface area contributed by atoms with Crippen molar-refractivity contribution in [3.63, 3.8) is 0 Å². The van der Waals surface area contributed by atoms with Crippen molar-refractivity contribution in [2.75, 3.05) is 18.8 Å². The van der Waals surface area contributed by atoms with Crippen molar-refractivity contribution >= 4 is 27.1 Å². The van der Waals surface area contributed by atoms with Crippen LogP contribution in [-0.2, 0) is 9.84 Å². The number of carbonyl (C=O) groups is 1. The summed E-state index contributed by atoms with van der Waals surface area (Å²) in [6.07, 6.45) is 0.365. The maximum Gasteiger partial charge on any atom is 0.253 e. The molecule has 4 nitrogen and oxygen atoms in total. The second kappa shape index (κ2) is 6.41. The molecule has 1 aromatic heterocycles. The third kappa shape index (κ3) is 3.45. The smallest absolute Gasteiger partial charge is 0.253 e. The van der Waals surface area contributed by atoms with Crippen LogP contribution in [0.2, 0.25) is 0 Å². The van der Waals surface area contributed by atoms with Gasteiger partial charge in [-0.3, -0.25) is 4.79 Å². The molecule has 0 spiro atoms. The molecule has 122 valence electrons. The molecule has 1 saturated heterocycles. The standard InChI is InChI=1S/C16H16FNO3S2/c17-13-4-1-3-12(11-13)16(19)18-7-6-15(14-5-2-9-22-14)23(20,21)10-8-18/h1-5,9,11,15H,6-8,10H2. The zero-order valence-corrected chi connectivity index (χ0v) is 13.9. The Morgan fingerprint density at radius 2 is 2.04 bits per heavy atom. The number of thiophene rings is 1. The highest BCUT2D eigenvalue weighted by atomic mass is 32.2. The number of amides is 1. The second-order valence-corrected chi connectivity index (χ2v) is 8.74. The molecule has 0 N–H and O–H groups in total. The van der Waals surface area contributed by atoms with Gasteiger partial charge in [-0.05, 0) is 36.1 Å². The van der Waals surface area contributed by atoms with E-state index in [0.29, 0.717) is 13.0 Å². The van der Waals surface area contributed by atoms with Gasteiger partial charge in [0.25, 0.3) is 5.91 Å². The molecule has 1 aromatic carbocycles. The first-order valence-corrected chi connectivity index (χ1v) is 9.87. The average molecular weight is 353 g/mol. The van der Waals surface area contributed by atoms with E-state index in [1.54, 1.807) is 6.07 Å². The van der Waals surface area contributed by atoms with E-state index in [1.807, 2.05) is 17.5 Å². The van der Waals surface area contributed by atoms with Gasteiger partial charge in [-0.1, -0.05) is 12.1 Å². The number of hydrogen-bond acceptors (Lipinski definition) is 4. The van der Waals surface area contributed by atoms with Crippen LogP contribution in [0.4, 0.5) is 4.39 Å². The third-order valence-corrected chi connectivity index (χ3v) is 7.20. The molecule has 3 rings (SSSR count). The minimum absolute atomic E-state index is 0.0728. The van der Waals surface area contributed by atoms with Crippen LogP contribution >= 0.6 is 11.3 Å². The molecule has 0 aliphatic carbocycles. The van der Waals surface area contributed by atoms with Crippen molar-refractivity contribution in [1.29, 1.82) is 0 Å². The molecule has 0 saturated carbocycles. The van der Waals surface area contributed by atoms with Crippen LogP contribution in [0.25, 0.3) is 0 Å². The molecular formula is C16H16FNO3S2. The lowest BCUT2D eigenvalue weighted by Crippen LogP contribution is -2.33. The molecule has 1 amide bonds. The first-order valence-electron chi connectivity index (χ1n) is 7.27.